The maximum absolute atomic E-state index is 13.2. The third-order valence-corrected chi connectivity index (χ3v) is 3.53. The Kier molecular flexibility index (Phi) is 4.04. The zero-order valence-corrected chi connectivity index (χ0v) is 12.3. The number of anilines is 2. The van der Waals surface area contributed by atoms with E-state index >= 15 is 0 Å². The van der Waals surface area contributed by atoms with Crippen molar-refractivity contribution in [3.05, 3.63) is 47.9 Å². The molecule has 24 heavy (non-hydrogen) atoms. The van der Waals surface area contributed by atoms with Crippen LogP contribution in [0.1, 0.15) is 29.0 Å². The largest absolute Gasteiger partial charge is 0.459 e. The second-order valence-electron chi connectivity index (χ2n) is 5.45. The smallest absolute Gasteiger partial charge is 0.418 e. The lowest BCUT2D eigenvalue weighted by Gasteiger charge is -2.15. The van der Waals surface area contributed by atoms with E-state index in [0.717, 1.165) is 25.0 Å². The molecule has 3 rings (SSSR count). The first-order valence-corrected chi connectivity index (χ1v) is 7.21. The maximum atomic E-state index is 13.2. The molecular formula is C16H13F3N2O3. The van der Waals surface area contributed by atoms with Crippen molar-refractivity contribution in [2.45, 2.75) is 19.0 Å². The number of alkyl halides is 3. The molecule has 1 aromatic carbocycles. The molecule has 126 valence electrons. The van der Waals surface area contributed by atoms with Crippen molar-refractivity contribution in [2.24, 2.45) is 5.92 Å². The summed E-state index contributed by atoms with van der Waals surface area (Å²) >= 11 is 0. The van der Waals surface area contributed by atoms with E-state index in [2.05, 4.69) is 10.6 Å². The quantitative estimate of drug-likeness (QED) is 0.888. The van der Waals surface area contributed by atoms with Crippen molar-refractivity contribution in [1.82, 2.24) is 0 Å². The van der Waals surface area contributed by atoms with Crippen LogP contribution in [0.4, 0.5) is 24.5 Å². The maximum Gasteiger partial charge on any atom is 0.418 e. The third-order valence-electron chi connectivity index (χ3n) is 3.53. The highest BCUT2D eigenvalue weighted by atomic mass is 19.4. The first-order chi connectivity index (χ1) is 11.3. The Labute approximate surface area is 134 Å². The highest BCUT2D eigenvalue weighted by molar-refractivity contribution is 6.03. The molecule has 2 amide bonds. The van der Waals surface area contributed by atoms with Gasteiger partial charge in [-0.15, -0.1) is 0 Å². The Morgan fingerprint density at radius 3 is 2.46 bits per heavy atom. The standard InChI is InChI=1S/C16H13F3N2O3/c17-16(18,19)11-8-10(20-14(22)9-3-4-9)5-6-12(11)21-15(23)13-2-1-7-24-13/h1-2,5-9H,3-4H2,(H,20,22)(H,21,23). The molecule has 1 aromatic heterocycles. The molecule has 2 N–H and O–H groups in total. The summed E-state index contributed by atoms with van der Waals surface area (Å²) in [7, 11) is 0. The van der Waals surface area contributed by atoms with Gasteiger partial charge in [-0.1, -0.05) is 0 Å². The average Bonchev–Trinajstić information content (AvgIpc) is 3.22. The van der Waals surface area contributed by atoms with Crippen LogP contribution >= 0.6 is 0 Å². The van der Waals surface area contributed by atoms with Crippen LogP contribution in [0.3, 0.4) is 0 Å². The van der Waals surface area contributed by atoms with Gasteiger partial charge in [-0.3, -0.25) is 9.59 Å². The highest BCUT2D eigenvalue weighted by Crippen LogP contribution is 2.37. The Hall–Kier alpha value is -2.77. The normalized spacial score (nSPS) is 14.3. The molecule has 0 unspecified atom stereocenters. The number of hydrogen-bond acceptors (Lipinski definition) is 3. The van der Waals surface area contributed by atoms with Crippen LogP contribution in [0, 0.1) is 5.92 Å². The number of benzene rings is 1. The number of hydrogen-bond donors (Lipinski definition) is 2. The van der Waals surface area contributed by atoms with E-state index in [4.69, 9.17) is 4.42 Å². The molecule has 0 atom stereocenters. The van der Waals surface area contributed by atoms with Crippen molar-refractivity contribution in [3.63, 3.8) is 0 Å². The van der Waals surface area contributed by atoms with Gasteiger partial charge in [-0.25, -0.2) is 0 Å². The monoisotopic (exact) mass is 338 g/mol. The van der Waals surface area contributed by atoms with Crippen LogP contribution in [0.2, 0.25) is 0 Å². The number of amides is 2. The minimum absolute atomic E-state index is 0.0372. The molecule has 0 spiro atoms. The van der Waals surface area contributed by atoms with Crippen LogP contribution in [-0.2, 0) is 11.0 Å². The van der Waals surface area contributed by atoms with Gasteiger partial charge in [0.1, 0.15) is 0 Å². The minimum Gasteiger partial charge on any atom is -0.459 e. The lowest BCUT2D eigenvalue weighted by Crippen LogP contribution is -2.18. The number of halogens is 3. The summed E-state index contributed by atoms with van der Waals surface area (Å²) in [6.07, 6.45) is -1.95. The molecule has 1 saturated carbocycles. The van der Waals surface area contributed by atoms with Gasteiger partial charge in [0.05, 0.1) is 17.5 Å². The van der Waals surface area contributed by atoms with Gasteiger partial charge in [0, 0.05) is 11.6 Å². The van der Waals surface area contributed by atoms with Gasteiger partial charge >= 0.3 is 6.18 Å². The molecule has 0 saturated heterocycles. The zero-order valence-electron chi connectivity index (χ0n) is 12.3. The Morgan fingerprint density at radius 1 is 1.12 bits per heavy atom. The number of carbonyl (C=O) groups excluding carboxylic acids is 2. The summed E-state index contributed by atoms with van der Waals surface area (Å²) in [4.78, 5) is 23.6. The molecule has 1 heterocycles. The van der Waals surface area contributed by atoms with Crippen molar-refractivity contribution < 1.29 is 27.2 Å². The molecular weight excluding hydrogens is 325 g/mol. The summed E-state index contributed by atoms with van der Waals surface area (Å²) in [6.45, 7) is 0. The Bertz CT molecular complexity index is 765. The summed E-state index contributed by atoms with van der Waals surface area (Å²) in [5.41, 5.74) is -1.42. The molecule has 1 aliphatic carbocycles. The molecule has 0 aliphatic heterocycles. The molecule has 1 aliphatic rings. The van der Waals surface area contributed by atoms with Gasteiger partial charge in [0.15, 0.2) is 5.76 Å². The van der Waals surface area contributed by atoms with Crippen molar-refractivity contribution in [2.75, 3.05) is 10.6 Å². The lowest BCUT2D eigenvalue weighted by molar-refractivity contribution is -0.137. The van der Waals surface area contributed by atoms with Crippen molar-refractivity contribution >= 4 is 23.2 Å². The van der Waals surface area contributed by atoms with Crippen LogP contribution in [0.15, 0.2) is 41.0 Å². The van der Waals surface area contributed by atoms with E-state index in [9.17, 15) is 22.8 Å². The minimum atomic E-state index is -4.69. The fraction of sp³-hybridized carbons (Fsp3) is 0.250. The van der Waals surface area contributed by atoms with Crippen LogP contribution in [0.5, 0.6) is 0 Å². The first kappa shape index (κ1) is 16.1. The zero-order chi connectivity index (χ0) is 17.3. The molecule has 5 nitrogen and oxygen atoms in total. The summed E-state index contributed by atoms with van der Waals surface area (Å²) in [6, 6.07) is 6.01. The summed E-state index contributed by atoms with van der Waals surface area (Å²) in [5, 5.41) is 4.62. The molecule has 0 radical (unpaired) electrons. The summed E-state index contributed by atoms with van der Waals surface area (Å²) < 4.78 is 44.6. The highest BCUT2D eigenvalue weighted by Gasteiger charge is 2.35. The third kappa shape index (κ3) is 3.58. The van der Waals surface area contributed by atoms with Crippen LogP contribution in [0.25, 0.3) is 0 Å². The second-order valence-corrected chi connectivity index (χ2v) is 5.45. The van der Waals surface area contributed by atoms with Gasteiger partial charge in [-0.2, -0.15) is 13.2 Å². The van der Waals surface area contributed by atoms with E-state index in [1.165, 1.54) is 24.5 Å². The second kappa shape index (κ2) is 6.03. The first-order valence-electron chi connectivity index (χ1n) is 7.21. The fourth-order valence-electron chi connectivity index (χ4n) is 2.15. The number of furan rings is 1. The van der Waals surface area contributed by atoms with Crippen LogP contribution in [-0.4, -0.2) is 11.8 Å². The van der Waals surface area contributed by atoms with E-state index < -0.39 is 23.3 Å². The van der Waals surface area contributed by atoms with Gasteiger partial charge in [0.2, 0.25) is 5.91 Å². The van der Waals surface area contributed by atoms with E-state index in [1.807, 2.05) is 0 Å². The predicted octanol–water partition coefficient (Wildman–Crippen LogP) is 3.90. The van der Waals surface area contributed by atoms with E-state index in [1.54, 1.807) is 0 Å². The molecule has 2 aromatic rings. The Morgan fingerprint density at radius 2 is 1.88 bits per heavy atom. The molecule has 1 fully saturated rings. The lowest BCUT2D eigenvalue weighted by atomic mass is 10.1. The summed E-state index contributed by atoms with van der Waals surface area (Å²) in [5.74, 6) is -1.32. The van der Waals surface area contributed by atoms with Crippen molar-refractivity contribution in [3.8, 4) is 0 Å². The fourth-order valence-corrected chi connectivity index (χ4v) is 2.15. The molecule has 0 bridgehead atoms. The van der Waals surface area contributed by atoms with Crippen molar-refractivity contribution in [1.29, 1.82) is 0 Å². The SMILES string of the molecule is O=C(Nc1ccc(NC(=O)C2CC2)cc1C(F)(F)F)c1ccco1. The predicted molar refractivity (Wildman–Crippen MR) is 79.5 cm³/mol. The van der Waals surface area contributed by atoms with E-state index in [-0.39, 0.29) is 23.3 Å². The average molecular weight is 338 g/mol. The number of carbonyl (C=O) groups is 2. The van der Waals surface area contributed by atoms with E-state index in [0.29, 0.717) is 0 Å². The van der Waals surface area contributed by atoms with Gasteiger partial charge < -0.3 is 15.1 Å². The van der Waals surface area contributed by atoms with Gasteiger partial charge in [-0.05, 0) is 43.2 Å². The molecule has 8 heteroatoms. The van der Waals surface area contributed by atoms with Gasteiger partial charge in [0.25, 0.3) is 5.91 Å². The Balaban J connectivity index is 1.85. The topological polar surface area (TPSA) is 71.3 Å². The van der Waals surface area contributed by atoms with Crippen LogP contribution < -0.4 is 10.6 Å². The number of rotatable bonds is 4. The number of nitrogens with one attached hydrogen (secondary N) is 2.